The molecule has 0 spiro atoms. The molecule has 1 aromatic rings. The standard InChI is InChI=1S/C17H28N2O/c1-4-18-16(15-10-9-14(2)19-13-15)17(20-3)11-7-5-6-8-12-17/h9-10,13,16,18H,4-8,11-12H2,1-3H3. The number of likely N-dealkylation sites (N-methyl/N-ethyl adjacent to an activating group) is 1. The summed E-state index contributed by atoms with van der Waals surface area (Å²) in [6.45, 7) is 5.14. The zero-order valence-corrected chi connectivity index (χ0v) is 13.1. The van der Waals surface area contributed by atoms with Gasteiger partial charge in [0.1, 0.15) is 0 Å². The van der Waals surface area contributed by atoms with Crippen LogP contribution >= 0.6 is 0 Å². The second-order valence-electron chi connectivity index (χ2n) is 5.91. The molecular weight excluding hydrogens is 248 g/mol. The van der Waals surface area contributed by atoms with E-state index in [9.17, 15) is 0 Å². The summed E-state index contributed by atoms with van der Waals surface area (Å²) < 4.78 is 6.07. The van der Waals surface area contributed by atoms with Crippen molar-refractivity contribution >= 4 is 0 Å². The number of pyridine rings is 1. The Morgan fingerprint density at radius 2 is 1.95 bits per heavy atom. The summed E-state index contributed by atoms with van der Waals surface area (Å²) in [5.41, 5.74) is 2.24. The van der Waals surface area contributed by atoms with Gasteiger partial charge < -0.3 is 10.1 Å². The van der Waals surface area contributed by atoms with Gasteiger partial charge in [0.05, 0.1) is 11.6 Å². The van der Waals surface area contributed by atoms with Crippen molar-refractivity contribution in [2.45, 2.75) is 64.0 Å². The number of nitrogens with zero attached hydrogens (tertiary/aromatic N) is 1. The molecule has 1 N–H and O–H groups in total. The molecule has 1 fully saturated rings. The molecule has 1 heterocycles. The maximum absolute atomic E-state index is 6.07. The van der Waals surface area contributed by atoms with E-state index in [0.717, 1.165) is 25.1 Å². The van der Waals surface area contributed by atoms with Crippen molar-refractivity contribution in [3.63, 3.8) is 0 Å². The second kappa shape index (κ2) is 7.19. The van der Waals surface area contributed by atoms with Gasteiger partial charge in [-0.2, -0.15) is 0 Å². The van der Waals surface area contributed by atoms with Gasteiger partial charge in [-0.3, -0.25) is 4.98 Å². The van der Waals surface area contributed by atoms with Crippen LogP contribution in [0.1, 0.15) is 62.7 Å². The lowest BCUT2D eigenvalue weighted by molar-refractivity contribution is -0.0537. The summed E-state index contributed by atoms with van der Waals surface area (Å²) in [4.78, 5) is 4.47. The fourth-order valence-corrected chi connectivity index (χ4v) is 3.40. The highest BCUT2D eigenvalue weighted by atomic mass is 16.5. The third-order valence-electron chi connectivity index (χ3n) is 4.56. The third-order valence-corrected chi connectivity index (χ3v) is 4.56. The number of methoxy groups -OCH3 is 1. The van der Waals surface area contributed by atoms with Crippen molar-refractivity contribution in [2.75, 3.05) is 13.7 Å². The number of hydrogen-bond acceptors (Lipinski definition) is 3. The van der Waals surface area contributed by atoms with E-state index in [1.807, 2.05) is 20.2 Å². The monoisotopic (exact) mass is 276 g/mol. The molecule has 3 nitrogen and oxygen atoms in total. The Bertz CT molecular complexity index is 394. The Hall–Kier alpha value is -0.930. The zero-order valence-electron chi connectivity index (χ0n) is 13.1. The minimum Gasteiger partial charge on any atom is -0.376 e. The summed E-state index contributed by atoms with van der Waals surface area (Å²) >= 11 is 0. The molecule has 1 atom stereocenters. The average molecular weight is 276 g/mol. The van der Waals surface area contributed by atoms with Gasteiger partial charge in [-0.05, 0) is 37.9 Å². The van der Waals surface area contributed by atoms with Crippen LogP contribution in [0.25, 0.3) is 0 Å². The van der Waals surface area contributed by atoms with Crippen molar-refractivity contribution in [1.29, 1.82) is 0 Å². The van der Waals surface area contributed by atoms with E-state index in [-0.39, 0.29) is 11.6 Å². The molecular formula is C17H28N2O. The number of aryl methyl sites for hydroxylation is 1. The van der Waals surface area contributed by atoms with Crippen LogP contribution in [0.15, 0.2) is 18.3 Å². The van der Waals surface area contributed by atoms with Crippen LogP contribution in [-0.2, 0) is 4.74 Å². The van der Waals surface area contributed by atoms with Gasteiger partial charge in [-0.25, -0.2) is 0 Å². The summed E-state index contributed by atoms with van der Waals surface area (Å²) in [5, 5.41) is 3.64. The van der Waals surface area contributed by atoms with Crippen molar-refractivity contribution in [3.05, 3.63) is 29.6 Å². The van der Waals surface area contributed by atoms with Gasteiger partial charge in [0.25, 0.3) is 0 Å². The van der Waals surface area contributed by atoms with Crippen molar-refractivity contribution < 1.29 is 4.74 Å². The molecule has 0 aromatic carbocycles. The second-order valence-corrected chi connectivity index (χ2v) is 5.91. The van der Waals surface area contributed by atoms with Gasteiger partial charge >= 0.3 is 0 Å². The number of rotatable bonds is 5. The normalized spacial score (nSPS) is 20.4. The zero-order chi connectivity index (χ0) is 14.4. The third kappa shape index (κ3) is 3.39. The van der Waals surface area contributed by atoms with E-state index >= 15 is 0 Å². The van der Waals surface area contributed by atoms with Crippen LogP contribution in [0.2, 0.25) is 0 Å². The Balaban J connectivity index is 2.30. The molecule has 0 radical (unpaired) electrons. The first-order valence-corrected chi connectivity index (χ1v) is 7.93. The molecule has 0 saturated heterocycles. The highest BCUT2D eigenvalue weighted by molar-refractivity contribution is 5.21. The molecule has 0 aliphatic heterocycles. The molecule has 20 heavy (non-hydrogen) atoms. The topological polar surface area (TPSA) is 34.2 Å². The maximum Gasteiger partial charge on any atom is 0.0873 e. The van der Waals surface area contributed by atoms with E-state index in [4.69, 9.17) is 4.74 Å². The largest absolute Gasteiger partial charge is 0.376 e. The first-order valence-electron chi connectivity index (χ1n) is 7.93. The summed E-state index contributed by atoms with van der Waals surface area (Å²) in [7, 11) is 1.87. The lowest BCUT2D eigenvalue weighted by atomic mass is 9.82. The van der Waals surface area contributed by atoms with Crippen LogP contribution < -0.4 is 5.32 Å². The SMILES string of the molecule is CCNC(c1ccc(C)nc1)C1(OC)CCCCCC1. The molecule has 0 bridgehead atoms. The number of nitrogens with one attached hydrogen (secondary N) is 1. The van der Waals surface area contributed by atoms with Crippen LogP contribution in [0.3, 0.4) is 0 Å². The highest BCUT2D eigenvalue weighted by Gasteiger charge is 2.39. The van der Waals surface area contributed by atoms with Gasteiger partial charge in [-0.1, -0.05) is 38.7 Å². The Morgan fingerprint density at radius 1 is 1.25 bits per heavy atom. The van der Waals surface area contributed by atoms with Crippen molar-refractivity contribution in [2.24, 2.45) is 0 Å². The molecule has 1 aliphatic rings. The molecule has 1 aromatic heterocycles. The molecule has 3 heteroatoms. The maximum atomic E-state index is 6.07. The first-order chi connectivity index (χ1) is 9.72. The van der Waals surface area contributed by atoms with Gasteiger partial charge in [0.15, 0.2) is 0 Å². The van der Waals surface area contributed by atoms with Crippen molar-refractivity contribution in [3.8, 4) is 0 Å². The van der Waals surface area contributed by atoms with Crippen LogP contribution in [0.5, 0.6) is 0 Å². The summed E-state index contributed by atoms with van der Waals surface area (Å²) in [5.74, 6) is 0. The van der Waals surface area contributed by atoms with Crippen LogP contribution in [0.4, 0.5) is 0 Å². The Morgan fingerprint density at radius 3 is 2.45 bits per heavy atom. The van der Waals surface area contributed by atoms with E-state index in [2.05, 4.69) is 29.4 Å². The number of hydrogen-bond donors (Lipinski definition) is 1. The first kappa shape index (κ1) is 15.5. The fraction of sp³-hybridized carbons (Fsp3) is 0.706. The fourth-order valence-electron chi connectivity index (χ4n) is 3.40. The van der Waals surface area contributed by atoms with Crippen LogP contribution in [0, 0.1) is 6.92 Å². The summed E-state index contributed by atoms with van der Waals surface area (Å²) in [6.07, 6.45) is 9.45. The highest BCUT2D eigenvalue weighted by Crippen LogP contribution is 2.40. The van der Waals surface area contributed by atoms with E-state index in [1.165, 1.54) is 31.2 Å². The lowest BCUT2D eigenvalue weighted by Gasteiger charge is -2.40. The molecule has 112 valence electrons. The predicted octanol–water partition coefficient (Wildman–Crippen LogP) is 3.78. The Kier molecular flexibility index (Phi) is 5.55. The quantitative estimate of drug-likeness (QED) is 0.831. The van der Waals surface area contributed by atoms with E-state index < -0.39 is 0 Å². The minimum absolute atomic E-state index is 0.0799. The van der Waals surface area contributed by atoms with E-state index in [1.54, 1.807) is 0 Å². The summed E-state index contributed by atoms with van der Waals surface area (Å²) in [6, 6.07) is 4.53. The van der Waals surface area contributed by atoms with Gasteiger partial charge in [-0.15, -0.1) is 0 Å². The lowest BCUT2D eigenvalue weighted by Crippen LogP contribution is -2.45. The molecule has 1 aliphatic carbocycles. The van der Waals surface area contributed by atoms with Crippen LogP contribution in [-0.4, -0.2) is 24.2 Å². The molecule has 0 amide bonds. The number of aromatic nitrogens is 1. The van der Waals surface area contributed by atoms with Gasteiger partial charge in [0, 0.05) is 19.0 Å². The predicted molar refractivity (Wildman–Crippen MR) is 82.8 cm³/mol. The minimum atomic E-state index is -0.0799. The van der Waals surface area contributed by atoms with Gasteiger partial charge in [0.2, 0.25) is 0 Å². The van der Waals surface area contributed by atoms with Crippen molar-refractivity contribution in [1.82, 2.24) is 10.3 Å². The molecule has 2 rings (SSSR count). The Labute approximate surface area is 123 Å². The average Bonchev–Trinajstić information content (AvgIpc) is 2.72. The molecule has 1 unspecified atom stereocenters. The smallest absolute Gasteiger partial charge is 0.0873 e. The molecule has 1 saturated carbocycles. The number of ether oxygens (including phenoxy) is 1. The van der Waals surface area contributed by atoms with E-state index in [0.29, 0.717) is 0 Å².